The van der Waals surface area contributed by atoms with Gasteiger partial charge in [0.2, 0.25) is 5.95 Å². The Hall–Kier alpha value is -1.67. The molecule has 21 heavy (non-hydrogen) atoms. The number of aromatic nitrogens is 3. The number of anilines is 1. The number of hydrogen-bond acceptors (Lipinski definition) is 4. The number of fused-ring (bicyclic) bond motifs is 1. The molecular formula is C13H17BrN6O. The molecule has 0 bridgehead atoms. The SMILES string of the molecule is CC1(C)NCCC1NC(=O)Nc1nnc2ccc(Br)cn12. The van der Waals surface area contributed by atoms with E-state index in [9.17, 15) is 4.79 Å². The van der Waals surface area contributed by atoms with Crippen molar-refractivity contribution < 1.29 is 4.79 Å². The van der Waals surface area contributed by atoms with Crippen LogP contribution in [0.3, 0.4) is 0 Å². The van der Waals surface area contributed by atoms with Crippen molar-refractivity contribution >= 4 is 33.6 Å². The highest BCUT2D eigenvalue weighted by atomic mass is 79.9. The quantitative estimate of drug-likeness (QED) is 0.768. The predicted octanol–water partition coefficient (Wildman–Crippen LogP) is 1.75. The summed E-state index contributed by atoms with van der Waals surface area (Å²) in [5.74, 6) is 0.396. The second-order valence-electron chi connectivity index (χ2n) is 5.69. The van der Waals surface area contributed by atoms with E-state index in [0.29, 0.717) is 11.6 Å². The minimum absolute atomic E-state index is 0.0865. The summed E-state index contributed by atoms with van der Waals surface area (Å²) < 4.78 is 2.61. The molecule has 0 spiro atoms. The maximum atomic E-state index is 12.1. The summed E-state index contributed by atoms with van der Waals surface area (Å²) in [6.45, 7) is 5.06. The standard InChI is InChI=1S/C13H17BrN6O/c1-13(2)9(5-6-15-13)16-12(21)17-11-19-18-10-4-3-8(14)7-20(10)11/h3-4,7,9,15H,5-6H2,1-2H3,(H2,16,17,19,21). The normalized spacial score (nSPS) is 20.6. The molecular weight excluding hydrogens is 336 g/mol. The molecule has 0 radical (unpaired) electrons. The Labute approximate surface area is 130 Å². The Morgan fingerprint density at radius 1 is 1.48 bits per heavy atom. The molecule has 8 heteroatoms. The van der Waals surface area contributed by atoms with Crippen molar-refractivity contribution in [1.29, 1.82) is 0 Å². The molecule has 3 N–H and O–H groups in total. The van der Waals surface area contributed by atoms with Gasteiger partial charge in [0.05, 0.1) is 0 Å². The topological polar surface area (TPSA) is 83.3 Å². The van der Waals surface area contributed by atoms with Gasteiger partial charge >= 0.3 is 6.03 Å². The number of hydrogen-bond donors (Lipinski definition) is 3. The number of halogens is 1. The fourth-order valence-corrected chi connectivity index (χ4v) is 2.86. The lowest BCUT2D eigenvalue weighted by molar-refractivity contribution is 0.242. The van der Waals surface area contributed by atoms with Gasteiger partial charge in [0.15, 0.2) is 5.65 Å². The average Bonchev–Trinajstić information content (AvgIpc) is 2.94. The van der Waals surface area contributed by atoms with Crippen LogP contribution in [0.5, 0.6) is 0 Å². The molecule has 1 atom stereocenters. The molecule has 0 aliphatic carbocycles. The van der Waals surface area contributed by atoms with Crippen molar-refractivity contribution in [1.82, 2.24) is 25.2 Å². The largest absolute Gasteiger partial charge is 0.333 e. The van der Waals surface area contributed by atoms with Crippen molar-refractivity contribution in [2.24, 2.45) is 0 Å². The zero-order valence-electron chi connectivity index (χ0n) is 11.9. The van der Waals surface area contributed by atoms with Crippen LogP contribution in [0.4, 0.5) is 10.7 Å². The first kappa shape index (κ1) is 14.3. The fraction of sp³-hybridized carbons (Fsp3) is 0.462. The molecule has 112 valence electrons. The number of carbonyl (C=O) groups excluding carboxylic acids is 1. The van der Waals surface area contributed by atoms with Gasteiger partial charge in [0.25, 0.3) is 0 Å². The molecule has 3 heterocycles. The van der Waals surface area contributed by atoms with Crippen molar-refractivity contribution in [2.75, 3.05) is 11.9 Å². The van der Waals surface area contributed by atoms with Crippen LogP contribution >= 0.6 is 15.9 Å². The maximum absolute atomic E-state index is 12.1. The van der Waals surface area contributed by atoms with Crippen LogP contribution in [0, 0.1) is 0 Å². The molecule has 1 aliphatic rings. The molecule has 1 unspecified atom stereocenters. The summed E-state index contributed by atoms with van der Waals surface area (Å²) in [6, 6.07) is 3.51. The summed E-state index contributed by atoms with van der Waals surface area (Å²) in [7, 11) is 0. The Bertz CT molecular complexity index is 682. The molecule has 3 rings (SSSR count). The summed E-state index contributed by atoms with van der Waals surface area (Å²) in [5, 5.41) is 17.1. The first-order chi connectivity index (χ1) is 9.95. The Balaban J connectivity index is 1.73. The molecule has 1 fully saturated rings. The van der Waals surface area contributed by atoms with Crippen LogP contribution in [-0.2, 0) is 0 Å². The smallest absolute Gasteiger partial charge is 0.321 e. The minimum Gasteiger partial charge on any atom is -0.333 e. The zero-order valence-corrected chi connectivity index (χ0v) is 13.4. The van der Waals surface area contributed by atoms with E-state index >= 15 is 0 Å². The third-order valence-electron chi connectivity index (χ3n) is 3.78. The second kappa shape index (κ2) is 5.27. The van der Waals surface area contributed by atoms with Crippen LogP contribution in [0.1, 0.15) is 20.3 Å². The van der Waals surface area contributed by atoms with Gasteiger partial charge < -0.3 is 10.6 Å². The lowest BCUT2D eigenvalue weighted by atomic mass is 9.97. The second-order valence-corrected chi connectivity index (χ2v) is 6.60. The van der Waals surface area contributed by atoms with Crippen LogP contribution in [0.25, 0.3) is 5.65 Å². The first-order valence-corrected chi connectivity index (χ1v) is 7.58. The van der Waals surface area contributed by atoms with E-state index in [1.165, 1.54) is 0 Å². The van der Waals surface area contributed by atoms with Gasteiger partial charge in [-0.1, -0.05) is 0 Å². The highest BCUT2D eigenvalue weighted by Crippen LogP contribution is 2.19. The molecule has 7 nitrogen and oxygen atoms in total. The number of nitrogens with one attached hydrogen (secondary N) is 3. The Kier molecular flexibility index (Phi) is 3.58. The number of rotatable bonds is 2. The minimum atomic E-state index is -0.272. The molecule has 2 amide bonds. The Morgan fingerprint density at radius 2 is 2.29 bits per heavy atom. The lowest BCUT2D eigenvalue weighted by Gasteiger charge is -2.27. The highest BCUT2D eigenvalue weighted by Gasteiger charge is 2.35. The van der Waals surface area contributed by atoms with Gasteiger partial charge in [0.1, 0.15) is 0 Å². The van der Waals surface area contributed by atoms with E-state index in [2.05, 4.69) is 55.9 Å². The Morgan fingerprint density at radius 3 is 3.00 bits per heavy atom. The monoisotopic (exact) mass is 352 g/mol. The van der Waals surface area contributed by atoms with Crippen LogP contribution in [0.15, 0.2) is 22.8 Å². The van der Waals surface area contributed by atoms with E-state index in [1.807, 2.05) is 18.3 Å². The molecule has 1 aliphatic heterocycles. The van der Waals surface area contributed by atoms with Gasteiger partial charge in [-0.15, -0.1) is 10.2 Å². The van der Waals surface area contributed by atoms with Gasteiger partial charge in [-0.2, -0.15) is 0 Å². The van der Waals surface area contributed by atoms with Crippen LogP contribution in [0.2, 0.25) is 0 Å². The van der Waals surface area contributed by atoms with E-state index in [4.69, 9.17) is 0 Å². The number of carbonyl (C=O) groups is 1. The zero-order chi connectivity index (χ0) is 15.0. The van der Waals surface area contributed by atoms with Gasteiger partial charge in [-0.05, 0) is 54.9 Å². The number of amides is 2. The number of nitrogens with zero attached hydrogens (tertiary/aromatic N) is 3. The number of pyridine rings is 1. The summed E-state index contributed by atoms with van der Waals surface area (Å²) >= 11 is 3.39. The van der Waals surface area contributed by atoms with Crippen LogP contribution in [-0.4, -0.2) is 38.8 Å². The maximum Gasteiger partial charge on any atom is 0.321 e. The third kappa shape index (κ3) is 2.86. The van der Waals surface area contributed by atoms with Gasteiger partial charge in [-0.25, -0.2) is 4.79 Å². The molecule has 0 saturated carbocycles. The lowest BCUT2D eigenvalue weighted by Crippen LogP contribution is -2.51. The van der Waals surface area contributed by atoms with Crippen molar-refractivity contribution in [2.45, 2.75) is 31.8 Å². The summed E-state index contributed by atoms with van der Waals surface area (Å²) in [6.07, 6.45) is 2.72. The predicted molar refractivity (Wildman–Crippen MR) is 83.3 cm³/mol. The first-order valence-electron chi connectivity index (χ1n) is 6.78. The van der Waals surface area contributed by atoms with Crippen molar-refractivity contribution in [3.63, 3.8) is 0 Å². The van der Waals surface area contributed by atoms with Crippen LogP contribution < -0.4 is 16.0 Å². The molecule has 0 aromatic carbocycles. The summed E-state index contributed by atoms with van der Waals surface area (Å²) in [4.78, 5) is 12.1. The molecule has 1 saturated heterocycles. The third-order valence-corrected chi connectivity index (χ3v) is 4.25. The fourth-order valence-electron chi connectivity index (χ4n) is 2.52. The van der Waals surface area contributed by atoms with Gasteiger partial charge in [-0.3, -0.25) is 9.72 Å². The van der Waals surface area contributed by atoms with E-state index in [0.717, 1.165) is 17.4 Å². The highest BCUT2D eigenvalue weighted by molar-refractivity contribution is 9.10. The van der Waals surface area contributed by atoms with Crippen molar-refractivity contribution in [3.8, 4) is 0 Å². The van der Waals surface area contributed by atoms with Gasteiger partial charge in [0, 0.05) is 22.3 Å². The molecule has 2 aromatic rings. The summed E-state index contributed by atoms with van der Waals surface area (Å²) in [5.41, 5.74) is 0.573. The molecule has 2 aromatic heterocycles. The number of urea groups is 1. The van der Waals surface area contributed by atoms with E-state index in [1.54, 1.807) is 4.40 Å². The van der Waals surface area contributed by atoms with E-state index < -0.39 is 0 Å². The average molecular weight is 353 g/mol. The van der Waals surface area contributed by atoms with Crippen molar-refractivity contribution in [3.05, 3.63) is 22.8 Å². The van der Waals surface area contributed by atoms with E-state index in [-0.39, 0.29) is 17.6 Å².